The maximum absolute atomic E-state index is 12.9. The van der Waals surface area contributed by atoms with E-state index < -0.39 is 29.9 Å². The van der Waals surface area contributed by atoms with E-state index >= 15 is 0 Å². The van der Waals surface area contributed by atoms with Crippen LogP contribution >= 0.6 is 0 Å². The van der Waals surface area contributed by atoms with Crippen LogP contribution in [0.3, 0.4) is 0 Å². The summed E-state index contributed by atoms with van der Waals surface area (Å²) in [5.41, 5.74) is -0.562. The van der Waals surface area contributed by atoms with Gasteiger partial charge in [-0.1, -0.05) is 6.07 Å². The molecule has 2 aromatic carbocycles. The highest BCUT2D eigenvalue weighted by Crippen LogP contribution is 2.34. The molecule has 9 nitrogen and oxygen atoms in total. The van der Waals surface area contributed by atoms with E-state index in [9.17, 15) is 27.9 Å². The van der Waals surface area contributed by atoms with Gasteiger partial charge in [0.25, 0.3) is 0 Å². The van der Waals surface area contributed by atoms with Crippen molar-refractivity contribution in [2.75, 3.05) is 26.1 Å². The summed E-state index contributed by atoms with van der Waals surface area (Å²) in [6.45, 7) is 0.139. The molecule has 0 aliphatic carbocycles. The summed E-state index contributed by atoms with van der Waals surface area (Å²) in [6, 6.07) is 11.0. The van der Waals surface area contributed by atoms with E-state index in [0.29, 0.717) is 5.69 Å². The van der Waals surface area contributed by atoms with Crippen LogP contribution in [-0.2, 0) is 15.7 Å². The Kier molecular flexibility index (Phi) is 9.04. The fourth-order valence-electron chi connectivity index (χ4n) is 3.08. The van der Waals surface area contributed by atoms with Crippen molar-refractivity contribution in [2.45, 2.75) is 18.8 Å². The van der Waals surface area contributed by atoms with Crippen LogP contribution in [0.2, 0.25) is 0 Å². The first-order valence-electron chi connectivity index (χ1n) is 10.8. The summed E-state index contributed by atoms with van der Waals surface area (Å²) < 4.78 is 59.0. The normalized spacial score (nSPS) is 11.9. The van der Waals surface area contributed by atoms with Gasteiger partial charge in [0.2, 0.25) is 0 Å². The lowest BCUT2D eigenvalue weighted by atomic mass is 10.2. The van der Waals surface area contributed by atoms with Gasteiger partial charge in [0, 0.05) is 25.1 Å². The minimum atomic E-state index is -4.57. The number of pyridine rings is 1. The van der Waals surface area contributed by atoms with Gasteiger partial charge in [0.1, 0.15) is 11.4 Å². The number of carbonyl (C=O) groups excluding carboxylic acids is 2. The second-order valence-corrected chi connectivity index (χ2v) is 7.48. The minimum Gasteiger partial charge on any atom is -0.493 e. The van der Waals surface area contributed by atoms with E-state index in [1.807, 2.05) is 0 Å². The molecular formula is C25H23F3N2O7. The zero-order chi connectivity index (χ0) is 27.0. The Bertz CT molecular complexity index is 1230. The summed E-state index contributed by atoms with van der Waals surface area (Å²) in [6.07, 6.45) is -4.69. The molecule has 3 rings (SSSR count). The molecule has 37 heavy (non-hydrogen) atoms. The Morgan fingerprint density at radius 2 is 1.78 bits per heavy atom. The third-order valence-corrected chi connectivity index (χ3v) is 4.90. The van der Waals surface area contributed by atoms with E-state index in [1.165, 1.54) is 56.8 Å². The number of carbonyl (C=O) groups is 2. The van der Waals surface area contributed by atoms with Crippen molar-refractivity contribution in [3.05, 3.63) is 77.6 Å². The van der Waals surface area contributed by atoms with Crippen LogP contribution in [0, 0.1) is 0 Å². The van der Waals surface area contributed by atoms with Gasteiger partial charge in [-0.2, -0.15) is 13.2 Å². The monoisotopic (exact) mass is 520 g/mol. The highest BCUT2D eigenvalue weighted by molar-refractivity contribution is 5.91. The number of aliphatic hydroxyl groups is 1. The number of benzene rings is 2. The van der Waals surface area contributed by atoms with Gasteiger partial charge in [-0.25, -0.2) is 4.79 Å². The minimum absolute atomic E-state index is 0.0295. The number of esters is 2. The first kappa shape index (κ1) is 27.4. The number of nitrogens with zero attached hydrogens (tertiary/aromatic N) is 1. The molecule has 196 valence electrons. The Morgan fingerprint density at radius 1 is 1.05 bits per heavy atom. The number of hydrogen-bond donors (Lipinski definition) is 2. The molecule has 0 spiro atoms. The van der Waals surface area contributed by atoms with Gasteiger partial charge in [-0.3, -0.25) is 9.78 Å². The van der Waals surface area contributed by atoms with Crippen LogP contribution in [0.25, 0.3) is 0 Å². The summed E-state index contributed by atoms with van der Waals surface area (Å²) in [5, 5.41) is 13.5. The number of halogens is 3. The number of rotatable bonds is 10. The molecule has 0 saturated heterocycles. The molecule has 1 unspecified atom stereocenters. The fourth-order valence-corrected chi connectivity index (χ4v) is 3.08. The van der Waals surface area contributed by atoms with Crippen molar-refractivity contribution in [3.63, 3.8) is 0 Å². The maximum Gasteiger partial charge on any atom is 0.416 e. The van der Waals surface area contributed by atoms with E-state index in [4.69, 9.17) is 18.9 Å². The lowest BCUT2D eigenvalue weighted by Crippen LogP contribution is -2.17. The van der Waals surface area contributed by atoms with Gasteiger partial charge < -0.3 is 29.4 Å². The van der Waals surface area contributed by atoms with Crippen molar-refractivity contribution in [2.24, 2.45) is 0 Å². The average Bonchev–Trinajstić information content (AvgIpc) is 2.87. The van der Waals surface area contributed by atoms with Gasteiger partial charge in [-0.15, -0.1) is 0 Å². The first-order valence-corrected chi connectivity index (χ1v) is 10.8. The zero-order valence-corrected chi connectivity index (χ0v) is 19.7. The highest BCUT2D eigenvalue weighted by atomic mass is 19.4. The van der Waals surface area contributed by atoms with Crippen molar-refractivity contribution >= 4 is 17.6 Å². The number of hydrogen-bond acceptors (Lipinski definition) is 9. The highest BCUT2D eigenvalue weighted by Gasteiger charge is 2.31. The van der Waals surface area contributed by atoms with Gasteiger partial charge in [0.15, 0.2) is 17.7 Å². The lowest BCUT2D eigenvalue weighted by molar-refractivity contribution is -0.138. The molecule has 12 heteroatoms. The van der Waals surface area contributed by atoms with Crippen LogP contribution in [-0.4, -0.2) is 42.9 Å². The van der Waals surface area contributed by atoms with E-state index in [-0.39, 0.29) is 41.5 Å². The molecule has 0 fully saturated rings. The second-order valence-electron chi connectivity index (χ2n) is 7.48. The lowest BCUT2D eigenvalue weighted by Gasteiger charge is -2.18. The first-order chi connectivity index (χ1) is 17.6. The fraction of sp³-hybridized carbons (Fsp3) is 0.240. The maximum atomic E-state index is 12.9. The number of alkyl halides is 3. The SMILES string of the molecule is COCCC(=O)Oc1c(OC)ccnc1C(O)Nc1ccc(C(=O)Oc2cccc(C(F)(F)F)c2)cc1. The summed E-state index contributed by atoms with van der Waals surface area (Å²) in [4.78, 5) is 28.5. The van der Waals surface area contributed by atoms with Crippen molar-refractivity contribution in [1.82, 2.24) is 4.98 Å². The Balaban J connectivity index is 1.71. The molecule has 0 radical (unpaired) electrons. The molecule has 0 aliphatic rings. The van der Waals surface area contributed by atoms with E-state index in [2.05, 4.69) is 10.3 Å². The average molecular weight is 520 g/mol. The summed E-state index contributed by atoms with van der Waals surface area (Å²) in [5.74, 6) is -1.65. The molecule has 3 aromatic rings. The van der Waals surface area contributed by atoms with Crippen molar-refractivity contribution < 1.29 is 46.8 Å². The smallest absolute Gasteiger partial charge is 0.416 e. The second kappa shape index (κ2) is 12.2. The third kappa shape index (κ3) is 7.41. The molecule has 0 saturated carbocycles. The third-order valence-electron chi connectivity index (χ3n) is 4.90. The van der Waals surface area contributed by atoms with Crippen LogP contribution in [0.4, 0.5) is 18.9 Å². The van der Waals surface area contributed by atoms with Crippen molar-refractivity contribution in [3.8, 4) is 17.2 Å². The Hall–Kier alpha value is -4.16. The number of ether oxygens (including phenoxy) is 4. The quantitative estimate of drug-likeness (QED) is 0.228. The van der Waals surface area contributed by atoms with Gasteiger partial charge >= 0.3 is 18.1 Å². The van der Waals surface area contributed by atoms with Crippen LogP contribution in [0.15, 0.2) is 60.8 Å². The molecule has 1 heterocycles. The molecule has 0 aliphatic heterocycles. The molecule has 0 amide bonds. The van der Waals surface area contributed by atoms with Crippen LogP contribution in [0.5, 0.6) is 17.2 Å². The molecule has 1 aromatic heterocycles. The summed E-state index contributed by atoms with van der Waals surface area (Å²) in [7, 11) is 2.80. The van der Waals surface area contributed by atoms with Crippen LogP contribution in [0.1, 0.15) is 34.3 Å². The van der Waals surface area contributed by atoms with Crippen molar-refractivity contribution in [1.29, 1.82) is 0 Å². The standard InChI is InChI=1S/C25H23F3N2O7/c1-34-13-11-20(31)37-22-19(35-2)10-12-29-21(22)23(32)30-17-8-6-15(7-9-17)24(33)36-18-5-3-4-16(14-18)25(26,27)28/h3-10,12,14,23,30,32H,11,13H2,1-2H3. The van der Waals surface area contributed by atoms with Gasteiger partial charge in [-0.05, 0) is 42.5 Å². The largest absolute Gasteiger partial charge is 0.493 e. The number of methoxy groups -OCH3 is 2. The van der Waals surface area contributed by atoms with E-state index in [0.717, 1.165) is 18.2 Å². The van der Waals surface area contributed by atoms with Crippen LogP contribution < -0.4 is 19.5 Å². The number of anilines is 1. The topological polar surface area (TPSA) is 116 Å². The predicted octanol–water partition coefficient (Wildman–Crippen LogP) is 4.37. The van der Waals surface area contributed by atoms with Gasteiger partial charge in [0.05, 0.1) is 31.3 Å². The van der Waals surface area contributed by atoms with E-state index in [1.54, 1.807) is 0 Å². The molecular weight excluding hydrogens is 497 g/mol. The number of nitrogens with one attached hydrogen (secondary N) is 1. The number of aromatic nitrogens is 1. The molecule has 0 bridgehead atoms. The summed E-state index contributed by atoms with van der Waals surface area (Å²) >= 11 is 0. The zero-order valence-electron chi connectivity index (χ0n) is 19.7. The molecule has 2 N–H and O–H groups in total. The Morgan fingerprint density at radius 3 is 2.43 bits per heavy atom. The predicted molar refractivity (Wildman–Crippen MR) is 124 cm³/mol. The number of aliphatic hydroxyl groups excluding tert-OH is 1. The molecule has 1 atom stereocenters. The Labute approximate surface area is 209 Å².